The lowest BCUT2D eigenvalue weighted by Crippen LogP contribution is -2.20. The number of ether oxygens (including phenoxy) is 2. The summed E-state index contributed by atoms with van der Waals surface area (Å²) in [6.45, 7) is 1.88. The minimum atomic E-state index is -0.441. The van der Waals surface area contributed by atoms with Crippen LogP contribution >= 0.6 is 0 Å². The summed E-state index contributed by atoms with van der Waals surface area (Å²) in [5, 5.41) is 8.81. The Hall–Kier alpha value is -0.610. The summed E-state index contributed by atoms with van der Waals surface area (Å²) in [5.74, 6) is -0.322. The Morgan fingerprint density at radius 2 is 2.50 bits per heavy atom. The Kier molecular flexibility index (Phi) is 3.05. The normalized spacial score (nSPS) is 31.8. The SMILES string of the molecule is CO[C@@H]1C[C@@H]([C@@H](C)CO)OC1=O. The molecule has 0 aliphatic carbocycles. The maximum Gasteiger partial charge on any atom is 0.335 e. The van der Waals surface area contributed by atoms with Crippen LogP contribution < -0.4 is 0 Å². The summed E-state index contributed by atoms with van der Waals surface area (Å²) in [6.07, 6.45) is -0.0756. The standard InChI is InChI=1S/C8H14O4/c1-5(4-9)6-3-7(11-2)8(10)12-6/h5-7,9H,3-4H2,1-2H3/t5-,6-,7+/m0/s1. The number of methoxy groups -OCH3 is 1. The van der Waals surface area contributed by atoms with Gasteiger partial charge in [-0.15, -0.1) is 0 Å². The Morgan fingerprint density at radius 1 is 1.83 bits per heavy atom. The number of carbonyl (C=O) groups excluding carboxylic acids is 1. The van der Waals surface area contributed by atoms with Crippen LogP contribution in [0.5, 0.6) is 0 Å². The van der Waals surface area contributed by atoms with Crippen molar-refractivity contribution in [3.8, 4) is 0 Å². The largest absolute Gasteiger partial charge is 0.460 e. The van der Waals surface area contributed by atoms with Crippen molar-refractivity contribution in [1.29, 1.82) is 0 Å². The zero-order valence-corrected chi connectivity index (χ0v) is 7.32. The highest BCUT2D eigenvalue weighted by Crippen LogP contribution is 2.22. The molecule has 0 aromatic carbocycles. The number of aliphatic hydroxyl groups is 1. The summed E-state index contributed by atoms with van der Waals surface area (Å²) >= 11 is 0. The van der Waals surface area contributed by atoms with E-state index in [0.717, 1.165) is 0 Å². The molecule has 1 aliphatic heterocycles. The highest BCUT2D eigenvalue weighted by molar-refractivity contribution is 5.76. The summed E-state index contributed by atoms with van der Waals surface area (Å²) in [4.78, 5) is 11.0. The van der Waals surface area contributed by atoms with E-state index in [-0.39, 0.29) is 24.6 Å². The van der Waals surface area contributed by atoms with Crippen LogP contribution in [-0.2, 0) is 14.3 Å². The first-order valence-corrected chi connectivity index (χ1v) is 4.03. The number of cyclic esters (lactones) is 1. The van der Waals surface area contributed by atoms with Crippen LogP contribution in [0, 0.1) is 5.92 Å². The number of hydrogen-bond donors (Lipinski definition) is 1. The van der Waals surface area contributed by atoms with Gasteiger partial charge in [0.25, 0.3) is 0 Å². The van der Waals surface area contributed by atoms with Gasteiger partial charge in [-0.2, -0.15) is 0 Å². The van der Waals surface area contributed by atoms with Crippen LogP contribution in [0.1, 0.15) is 13.3 Å². The first-order chi connectivity index (χ1) is 5.69. The summed E-state index contributed by atoms with van der Waals surface area (Å²) in [5.41, 5.74) is 0. The Bertz CT molecular complexity index is 168. The van der Waals surface area contributed by atoms with Gasteiger partial charge in [0.2, 0.25) is 0 Å². The fraction of sp³-hybridized carbons (Fsp3) is 0.875. The lowest BCUT2D eigenvalue weighted by molar-refractivity contribution is -0.150. The molecule has 3 atom stereocenters. The molecule has 0 radical (unpaired) electrons. The van der Waals surface area contributed by atoms with Gasteiger partial charge in [-0.05, 0) is 0 Å². The van der Waals surface area contributed by atoms with E-state index >= 15 is 0 Å². The summed E-state index contributed by atoms with van der Waals surface area (Å²) in [7, 11) is 1.48. The van der Waals surface area contributed by atoms with Gasteiger partial charge in [0.1, 0.15) is 6.10 Å². The third-order valence-corrected chi connectivity index (χ3v) is 2.18. The molecule has 12 heavy (non-hydrogen) atoms. The molecule has 1 rings (SSSR count). The third kappa shape index (κ3) is 1.76. The summed E-state index contributed by atoms with van der Waals surface area (Å²) in [6, 6.07) is 0. The molecule has 1 saturated heterocycles. The van der Waals surface area contributed by atoms with E-state index in [1.54, 1.807) is 0 Å². The fourth-order valence-electron chi connectivity index (χ4n) is 1.24. The second kappa shape index (κ2) is 3.87. The topological polar surface area (TPSA) is 55.8 Å². The molecular formula is C8H14O4. The monoisotopic (exact) mass is 174 g/mol. The average Bonchev–Trinajstić information content (AvgIpc) is 2.45. The van der Waals surface area contributed by atoms with Gasteiger partial charge in [0, 0.05) is 26.1 Å². The van der Waals surface area contributed by atoms with Crippen molar-refractivity contribution in [2.45, 2.75) is 25.6 Å². The fourth-order valence-corrected chi connectivity index (χ4v) is 1.24. The van der Waals surface area contributed by atoms with E-state index in [4.69, 9.17) is 14.6 Å². The minimum Gasteiger partial charge on any atom is -0.460 e. The number of carbonyl (C=O) groups is 1. The first-order valence-electron chi connectivity index (χ1n) is 4.03. The van der Waals surface area contributed by atoms with E-state index in [1.165, 1.54) is 7.11 Å². The molecule has 1 aliphatic rings. The smallest absolute Gasteiger partial charge is 0.335 e. The van der Waals surface area contributed by atoms with E-state index in [9.17, 15) is 4.79 Å². The van der Waals surface area contributed by atoms with Gasteiger partial charge >= 0.3 is 5.97 Å². The van der Waals surface area contributed by atoms with E-state index in [0.29, 0.717) is 6.42 Å². The van der Waals surface area contributed by atoms with E-state index < -0.39 is 6.10 Å². The second-order valence-corrected chi connectivity index (χ2v) is 3.10. The molecule has 0 spiro atoms. The lowest BCUT2D eigenvalue weighted by Gasteiger charge is -2.14. The molecule has 1 N–H and O–H groups in total. The van der Waals surface area contributed by atoms with E-state index in [2.05, 4.69) is 0 Å². The Balaban J connectivity index is 2.48. The van der Waals surface area contributed by atoms with Crippen molar-refractivity contribution in [3.63, 3.8) is 0 Å². The molecule has 4 heteroatoms. The van der Waals surface area contributed by atoms with Gasteiger partial charge in [-0.25, -0.2) is 4.79 Å². The predicted molar refractivity (Wildman–Crippen MR) is 41.5 cm³/mol. The molecule has 1 heterocycles. The number of aliphatic hydroxyl groups excluding tert-OH is 1. The van der Waals surface area contributed by atoms with Crippen molar-refractivity contribution < 1.29 is 19.4 Å². The molecule has 0 amide bonds. The molecule has 0 aromatic rings. The highest BCUT2D eigenvalue weighted by atomic mass is 16.6. The summed E-state index contributed by atoms with van der Waals surface area (Å²) < 4.78 is 9.89. The van der Waals surface area contributed by atoms with Gasteiger partial charge in [0.05, 0.1) is 0 Å². The van der Waals surface area contributed by atoms with Crippen LogP contribution in [0.3, 0.4) is 0 Å². The number of hydrogen-bond acceptors (Lipinski definition) is 4. The van der Waals surface area contributed by atoms with Crippen molar-refractivity contribution >= 4 is 5.97 Å². The zero-order chi connectivity index (χ0) is 9.14. The Morgan fingerprint density at radius 3 is 2.92 bits per heavy atom. The number of esters is 1. The maximum absolute atomic E-state index is 11.0. The zero-order valence-electron chi connectivity index (χ0n) is 7.32. The average molecular weight is 174 g/mol. The first kappa shape index (κ1) is 9.48. The minimum absolute atomic E-state index is 0.00546. The van der Waals surface area contributed by atoms with Gasteiger partial charge in [-0.3, -0.25) is 0 Å². The second-order valence-electron chi connectivity index (χ2n) is 3.10. The quantitative estimate of drug-likeness (QED) is 0.609. The lowest BCUT2D eigenvalue weighted by atomic mass is 10.0. The highest BCUT2D eigenvalue weighted by Gasteiger charge is 2.36. The van der Waals surface area contributed by atoms with Gasteiger partial charge in [-0.1, -0.05) is 6.92 Å². The molecule has 4 nitrogen and oxygen atoms in total. The number of rotatable bonds is 3. The van der Waals surface area contributed by atoms with Crippen molar-refractivity contribution in [2.24, 2.45) is 5.92 Å². The van der Waals surface area contributed by atoms with Crippen LogP contribution in [-0.4, -0.2) is 37.0 Å². The maximum atomic E-state index is 11.0. The van der Waals surface area contributed by atoms with Crippen molar-refractivity contribution in [1.82, 2.24) is 0 Å². The van der Waals surface area contributed by atoms with Crippen molar-refractivity contribution in [2.75, 3.05) is 13.7 Å². The molecular weight excluding hydrogens is 160 g/mol. The third-order valence-electron chi connectivity index (χ3n) is 2.18. The van der Waals surface area contributed by atoms with E-state index in [1.807, 2.05) is 6.92 Å². The predicted octanol–water partition coefficient (Wildman–Crippen LogP) is -0.0547. The van der Waals surface area contributed by atoms with Crippen LogP contribution in [0.15, 0.2) is 0 Å². The molecule has 70 valence electrons. The molecule has 0 saturated carbocycles. The van der Waals surface area contributed by atoms with Crippen molar-refractivity contribution in [3.05, 3.63) is 0 Å². The Labute approximate surface area is 71.5 Å². The molecule has 0 unspecified atom stereocenters. The molecule has 0 aromatic heterocycles. The van der Waals surface area contributed by atoms with Crippen LogP contribution in [0.4, 0.5) is 0 Å². The van der Waals surface area contributed by atoms with Gasteiger partial charge in [0.15, 0.2) is 6.10 Å². The van der Waals surface area contributed by atoms with Gasteiger partial charge < -0.3 is 14.6 Å². The van der Waals surface area contributed by atoms with Crippen LogP contribution in [0.25, 0.3) is 0 Å². The molecule has 0 bridgehead atoms. The van der Waals surface area contributed by atoms with Crippen LogP contribution in [0.2, 0.25) is 0 Å². The molecule has 1 fully saturated rings.